The second kappa shape index (κ2) is 6.64. The number of hydrogen-bond donors (Lipinski definition) is 0. The Labute approximate surface area is 109 Å². The van der Waals surface area contributed by atoms with E-state index in [1.54, 1.807) is 18.0 Å². The normalized spacial score (nSPS) is 13.3. The van der Waals surface area contributed by atoms with Crippen LogP contribution in [0.15, 0.2) is 40.4 Å². The van der Waals surface area contributed by atoms with Crippen LogP contribution in [0.3, 0.4) is 0 Å². The van der Waals surface area contributed by atoms with Crippen molar-refractivity contribution in [2.45, 2.75) is 19.5 Å². The first kappa shape index (κ1) is 14.8. The molecule has 0 fully saturated rings. The van der Waals surface area contributed by atoms with Gasteiger partial charge in [0.25, 0.3) is 0 Å². The van der Waals surface area contributed by atoms with Crippen LogP contribution in [-0.4, -0.2) is 12.5 Å². The Kier molecular flexibility index (Phi) is 5.47. The third-order valence-corrected chi connectivity index (χ3v) is 2.74. The van der Waals surface area contributed by atoms with Crippen molar-refractivity contribution in [1.29, 1.82) is 0 Å². The van der Waals surface area contributed by atoms with Gasteiger partial charge in [-0.25, -0.2) is 0 Å². The molecule has 98 valence electrons. The number of alkyl halides is 3. The Hall–Kier alpha value is -1.23. The number of aliphatic imine (C=N–C) groups is 1. The van der Waals surface area contributed by atoms with Gasteiger partial charge in [-0.1, -0.05) is 19.1 Å². The van der Waals surface area contributed by atoms with E-state index in [1.165, 1.54) is 12.1 Å². The minimum atomic E-state index is -4.29. The summed E-state index contributed by atoms with van der Waals surface area (Å²) in [5, 5.41) is 1.92. The lowest BCUT2D eigenvalue weighted by molar-refractivity contribution is -0.137. The minimum absolute atomic E-state index is 0.643. The summed E-state index contributed by atoms with van der Waals surface area (Å²) in [5.41, 5.74) is 0.917. The van der Waals surface area contributed by atoms with Gasteiger partial charge in [0.05, 0.1) is 5.56 Å². The first-order chi connectivity index (χ1) is 8.47. The van der Waals surface area contributed by atoms with Crippen molar-refractivity contribution in [2.24, 2.45) is 4.99 Å². The van der Waals surface area contributed by atoms with Gasteiger partial charge in [0.2, 0.25) is 0 Å². The van der Waals surface area contributed by atoms with Crippen LogP contribution in [0, 0.1) is 0 Å². The molecular formula is C13H14F3NS. The molecular weight excluding hydrogens is 259 g/mol. The Morgan fingerprint density at radius 3 is 2.33 bits per heavy atom. The monoisotopic (exact) mass is 273 g/mol. The van der Waals surface area contributed by atoms with Crippen LogP contribution in [0.2, 0.25) is 0 Å². The van der Waals surface area contributed by atoms with Gasteiger partial charge in [0, 0.05) is 11.9 Å². The SMILES string of the molecule is CC/C(=C/SC)N=Cc1ccc(C(F)(F)F)cc1. The van der Waals surface area contributed by atoms with Gasteiger partial charge in [0.1, 0.15) is 0 Å². The molecule has 0 amide bonds. The fourth-order valence-electron chi connectivity index (χ4n) is 1.26. The van der Waals surface area contributed by atoms with Crippen LogP contribution in [0.25, 0.3) is 0 Å². The number of hydrogen-bond acceptors (Lipinski definition) is 2. The molecule has 0 aliphatic rings. The molecule has 1 aromatic carbocycles. The molecule has 0 atom stereocenters. The molecule has 0 N–H and O–H groups in total. The summed E-state index contributed by atoms with van der Waals surface area (Å²) >= 11 is 1.55. The molecule has 0 saturated carbocycles. The first-order valence-electron chi connectivity index (χ1n) is 5.40. The van der Waals surface area contributed by atoms with Crippen molar-refractivity contribution in [1.82, 2.24) is 0 Å². The number of rotatable bonds is 4. The molecule has 1 nitrogen and oxygen atoms in total. The molecule has 1 rings (SSSR count). The molecule has 0 heterocycles. The van der Waals surface area contributed by atoms with Crippen LogP contribution >= 0.6 is 11.8 Å². The van der Waals surface area contributed by atoms with Crippen molar-refractivity contribution >= 4 is 18.0 Å². The van der Waals surface area contributed by atoms with Crippen molar-refractivity contribution in [3.05, 3.63) is 46.5 Å². The van der Waals surface area contributed by atoms with Crippen molar-refractivity contribution in [3.63, 3.8) is 0 Å². The standard InChI is InChI=1S/C13H14F3NS/c1-3-12(9-18-2)17-8-10-4-6-11(7-5-10)13(14,15)16/h4-9H,3H2,1-2H3/b12-9-,17-8?. The largest absolute Gasteiger partial charge is 0.416 e. The van der Waals surface area contributed by atoms with Gasteiger partial charge >= 0.3 is 6.18 Å². The van der Waals surface area contributed by atoms with Gasteiger partial charge in [0.15, 0.2) is 0 Å². The van der Waals surface area contributed by atoms with E-state index < -0.39 is 11.7 Å². The molecule has 0 aromatic heterocycles. The lowest BCUT2D eigenvalue weighted by atomic mass is 10.1. The quantitative estimate of drug-likeness (QED) is 0.722. The van der Waals surface area contributed by atoms with E-state index in [-0.39, 0.29) is 0 Å². The summed E-state index contributed by atoms with van der Waals surface area (Å²) < 4.78 is 37.0. The maximum Gasteiger partial charge on any atom is 0.416 e. The summed E-state index contributed by atoms with van der Waals surface area (Å²) in [5.74, 6) is 0. The van der Waals surface area contributed by atoms with Gasteiger partial charge < -0.3 is 0 Å². The van der Waals surface area contributed by atoms with Crippen LogP contribution in [0.5, 0.6) is 0 Å². The highest BCUT2D eigenvalue weighted by atomic mass is 32.2. The zero-order valence-corrected chi connectivity index (χ0v) is 11.0. The number of thioether (sulfide) groups is 1. The number of nitrogens with zero attached hydrogens (tertiary/aromatic N) is 1. The Morgan fingerprint density at radius 2 is 1.89 bits per heavy atom. The second-order valence-electron chi connectivity index (χ2n) is 3.58. The molecule has 0 unspecified atom stereocenters. The van der Waals surface area contributed by atoms with E-state index in [0.717, 1.165) is 24.3 Å². The lowest BCUT2D eigenvalue weighted by Gasteiger charge is -2.05. The molecule has 0 bridgehead atoms. The number of benzene rings is 1. The lowest BCUT2D eigenvalue weighted by Crippen LogP contribution is -2.04. The van der Waals surface area contributed by atoms with Crippen LogP contribution in [0.1, 0.15) is 24.5 Å². The molecule has 0 saturated heterocycles. The topological polar surface area (TPSA) is 12.4 Å². The van der Waals surface area contributed by atoms with Gasteiger partial charge in [-0.15, -0.1) is 11.8 Å². The summed E-state index contributed by atoms with van der Waals surface area (Å²) in [7, 11) is 0. The Balaban J connectivity index is 2.81. The molecule has 5 heteroatoms. The average molecular weight is 273 g/mol. The summed E-state index contributed by atoms with van der Waals surface area (Å²) in [4.78, 5) is 4.23. The zero-order valence-electron chi connectivity index (χ0n) is 10.2. The van der Waals surface area contributed by atoms with Gasteiger partial charge in [-0.05, 0) is 35.8 Å². The maximum absolute atomic E-state index is 12.3. The third kappa shape index (κ3) is 4.56. The van der Waals surface area contributed by atoms with E-state index >= 15 is 0 Å². The van der Waals surface area contributed by atoms with Crippen molar-refractivity contribution in [2.75, 3.05) is 6.26 Å². The molecule has 1 aromatic rings. The second-order valence-corrected chi connectivity index (χ2v) is 4.28. The molecule has 0 aliphatic heterocycles. The predicted octanol–water partition coefficient (Wildman–Crippen LogP) is 4.74. The first-order valence-corrected chi connectivity index (χ1v) is 6.69. The fraction of sp³-hybridized carbons (Fsp3) is 0.308. The molecule has 0 aliphatic carbocycles. The summed E-state index contributed by atoms with van der Waals surface area (Å²) in [6.07, 6.45) is 0.00991. The van der Waals surface area contributed by atoms with Gasteiger partial charge in [-0.2, -0.15) is 13.2 Å². The third-order valence-electron chi connectivity index (χ3n) is 2.23. The van der Waals surface area contributed by atoms with E-state index in [4.69, 9.17) is 0 Å². The smallest absolute Gasteiger partial charge is 0.260 e. The van der Waals surface area contributed by atoms with E-state index in [0.29, 0.717) is 5.56 Å². The van der Waals surface area contributed by atoms with Crippen LogP contribution in [0.4, 0.5) is 13.2 Å². The highest BCUT2D eigenvalue weighted by Gasteiger charge is 2.29. The fourth-order valence-corrected chi connectivity index (χ4v) is 1.76. The zero-order chi connectivity index (χ0) is 13.6. The van der Waals surface area contributed by atoms with Crippen molar-refractivity contribution in [3.8, 4) is 0 Å². The van der Waals surface area contributed by atoms with Gasteiger partial charge in [-0.3, -0.25) is 4.99 Å². The number of halogens is 3. The van der Waals surface area contributed by atoms with Crippen LogP contribution in [-0.2, 0) is 6.18 Å². The average Bonchev–Trinajstić information content (AvgIpc) is 2.34. The highest BCUT2D eigenvalue weighted by Crippen LogP contribution is 2.28. The van der Waals surface area contributed by atoms with Crippen LogP contribution < -0.4 is 0 Å². The summed E-state index contributed by atoms with van der Waals surface area (Å²) in [6, 6.07) is 4.95. The Morgan fingerprint density at radius 1 is 1.28 bits per heavy atom. The predicted molar refractivity (Wildman–Crippen MR) is 70.9 cm³/mol. The van der Waals surface area contributed by atoms with E-state index in [9.17, 15) is 13.2 Å². The summed E-state index contributed by atoms with van der Waals surface area (Å²) in [6.45, 7) is 1.98. The Bertz CT molecular complexity index is 433. The molecule has 0 radical (unpaired) electrons. The van der Waals surface area contributed by atoms with Crippen molar-refractivity contribution < 1.29 is 13.2 Å². The highest BCUT2D eigenvalue weighted by molar-refractivity contribution is 8.01. The van der Waals surface area contributed by atoms with E-state index in [1.807, 2.05) is 18.6 Å². The molecule has 18 heavy (non-hydrogen) atoms. The molecule has 0 spiro atoms. The maximum atomic E-state index is 12.3. The van der Waals surface area contributed by atoms with E-state index in [2.05, 4.69) is 4.99 Å². The number of allylic oxidation sites excluding steroid dienone is 1. The minimum Gasteiger partial charge on any atom is -0.260 e.